The molecule has 3 rings (SSSR count). The third kappa shape index (κ3) is 1.95. The number of nitrogens with one attached hydrogen (secondary N) is 1. The second-order valence-electron chi connectivity index (χ2n) is 2.91. The minimum absolute atomic E-state index is 0.444. The van der Waals surface area contributed by atoms with E-state index in [-0.39, 0.29) is 0 Å². The lowest BCUT2D eigenvalue weighted by atomic mass is 10.1. The molecule has 2 aromatic rings. The summed E-state index contributed by atoms with van der Waals surface area (Å²) >= 11 is 0. The molecule has 6 heteroatoms. The maximum Gasteiger partial charge on any atom is 0.296 e. The number of aromatic nitrogens is 2. The number of Topliss-reactive ketones (excluding diaryl/α,β-unsaturated/α-hetero) is 1. The summed E-state index contributed by atoms with van der Waals surface area (Å²) in [5.74, 6) is -0.980. The minimum atomic E-state index is -0.536. The highest BCUT2D eigenvalue weighted by Gasteiger charge is 2.26. The average molecular weight is 217 g/mol. The summed E-state index contributed by atoms with van der Waals surface area (Å²) in [5.41, 5.74) is 1.08. The van der Waals surface area contributed by atoms with Crippen molar-refractivity contribution in [1.82, 2.24) is 10.1 Å². The fourth-order valence-corrected chi connectivity index (χ4v) is 1.23. The number of para-hydroxylation sites is 1. The van der Waals surface area contributed by atoms with E-state index in [1.807, 2.05) is 0 Å². The first-order valence-electron chi connectivity index (χ1n) is 4.43. The van der Waals surface area contributed by atoms with E-state index in [0.29, 0.717) is 11.3 Å². The highest BCUT2D eigenvalue weighted by atomic mass is 16.5. The van der Waals surface area contributed by atoms with Gasteiger partial charge in [-0.3, -0.25) is 9.59 Å². The van der Waals surface area contributed by atoms with Crippen molar-refractivity contribution in [1.29, 1.82) is 0 Å². The average Bonchev–Trinajstić information content (AvgIpc) is 2.93. The van der Waals surface area contributed by atoms with Crippen LogP contribution in [0.5, 0.6) is 0 Å². The van der Waals surface area contributed by atoms with Crippen LogP contribution in [0.4, 0.5) is 5.69 Å². The second kappa shape index (κ2) is 4.35. The molecule has 1 aliphatic heterocycles. The smallest absolute Gasteiger partial charge is 0.296 e. The zero-order valence-corrected chi connectivity index (χ0v) is 8.08. The number of carbonyl (C=O) groups excluding carboxylic acids is 2. The van der Waals surface area contributed by atoms with E-state index in [2.05, 4.69) is 20.0 Å². The number of carbonyl (C=O) groups is 2. The Morgan fingerprint density at radius 3 is 2.56 bits per heavy atom. The molecule has 16 heavy (non-hydrogen) atoms. The van der Waals surface area contributed by atoms with Crippen LogP contribution < -0.4 is 5.32 Å². The Balaban J connectivity index is 0.000000162. The van der Waals surface area contributed by atoms with E-state index < -0.39 is 11.7 Å². The van der Waals surface area contributed by atoms with Crippen molar-refractivity contribution in [2.75, 3.05) is 5.32 Å². The molecule has 0 unspecified atom stereocenters. The molecule has 0 bridgehead atoms. The largest absolute Gasteiger partial charge is 0.343 e. The van der Waals surface area contributed by atoms with Gasteiger partial charge in [-0.15, -0.1) is 0 Å². The highest BCUT2D eigenvalue weighted by Crippen LogP contribution is 2.21. The fraction of sp³-hybridized carbons (Fsp3) is 0. The lowest BCUT2D eigenvalue weighted by molar-refractivity contribution is -0.112. The van der Waals surface area contributed by atoms with Crippen LogP contribution >= 0.6 is 0 Å². The number of hydrogen-bond acceptors (Lipinski definition) is 5. The molecular formula is C10H7N3O3. The van der Waals surface area contributed by atoms with Gasteiger partial charge in [-0.05, 0) is 12.1 Å². The van der Waals surface area contributed by atoms with Crippen molar-refractivity contribution in [3.8, 4) is 0 Å². The molecule has 0 saturated heterocycles. The predicted molar refractivity (Wildman–Crippen MR) is 53.7 cm³/mol. The number of amides is 1. The van der Waals surface area contributed by atoms with Crippen LogP contribution in [0, 0.1) is 0 Å². The Bertz CT molecular complexity index is 491. The molecule has 1 aromatic carbocycles. The molecule has 2 heterocycles. The summed E-state index contributed by atoms with van der Waals surface area (Å²) < 4.78 is 4.22. The Morgan fingerprint density at radius 1 is 1.19 bits per heavy atom. The molecule has 0 spiro atoms. The summed E-state index contributed by atoms with van der Waals surface area (Å²) in [4.78, 5) is 25.2. The lowest BCUT2D eigenvalue weighted by Crippen LogP contribution is -2.12. The Kier molecular flexibility index (Phi) is 2.73. The Morgan fingerprint density at radius 2 is 2.00 bits per heavy atom. The van der Waals surface area contributed by atoms with E-state index in [1.165, 1.54) is 12.7 Å². The summed E-state index contributed by atoms with van der Waals surface area (Å²) in [7, 11) is 0. The number of fused-ring (bicyclic) bond motifs is 1. The third-order valence-electron chi connectivity index (χ3n) is 1.91. The van der Waals surface area contributed by atoms with E-state index in [4.69, 9.17) is 0 Å². The molecule has 0 atom stereocenters. The predicted octanol–water partition coefficient (Wildman–Crippen LogP) is 0.891. The molecule has 0 saturated carbocycles. The second-order valence-corrected chi connectivity index (χ2v) is 2.91. The number of benzene rings is 1. The van der Waals surface area contributed by atoms with Gasteiger partial charge in [0.1, 0.15) is 0 Å². The van der Waals surface area contributed by atoms with Crippen molar-refractivity contribution in [2.24, 2.45) is 0 Å². The standard InChI is InChI=1S/C8H5NO2.C2H2N2O/c10-7-5-3-1-2-4-6(5)9-8(7)11;1-3-2-5-4-1/h1-4H,(H,9,10,11);1-2H. The maximum absolute atomic E-state index is 11.0. The first kappa shape index (κ1) is 10.0. The van der Waals surface area contributed by atoms with Gasteiger partial charge in [-0.1, -0.05) is 17.3 Å². The molecule has 0 radical (unpaired) electrons. The number of hydrogen-bond donors (Lipinski definition) is 1. The van der Waals surface area contributed by atoms with Gasteiger partial charge < -0.3 is 9.84 Å². The zero-order chi connectivity index (χ0) is 11.4. The van der Waals surface area contributed by atoms with Crippen LogP contribution in [-0.4, -0.2) is 21.8 Å². The van der Waals surface area contributed by atoms with Crippen molar-refractivity contribution in [3.63, 3.8) is 0 Å². The molecule has 1 amide bonds. The van der Waals surface area contributed by atoms with Gasteiger partial charge >= 0.3 is 0 Å². The molecule has 80 valence electrons. The van der Waals surface area contributed by atoms with Crippen LogP contribution in [-0.2, 0) is 4.79 Å². The molecule has 0 fully saturated rings. The van der Waals surface area contributed by atoms with E-state index in [0.717, 1.165) is 0 Å². The van der Waals surface area contributed by atoms with Crippen molar-refractivity contribution in [2.45, 2.75) is 0 Å². The topological polar surface area (TPSA) is 85.1 Å². The molecular weight excluding hydrogens is 210 g/mol. The normalized spacial score (nSPS) is 12.5. The molecule has 1 aliphatic rings. The van der Waals surface area contributed by atoms with E-state index >= 15 is 0 Å². The summed E-state index contributed by atoms with van der Waals surface area (Å²) in [6.07, 6.45) is 2.60. The maximum atomic E-state index is 11.0. The number of ketones is 1. The lowest BCUT2D eigenvalue weighted by Gasteiger charge is -1.91. The van der Waals surface area contributed by atoms with Crippen molar-refractivity contribution >= 4 is 17.4 Å². The number of anilines is 1. The first-order chi connectivity index (χ1) is 7.79. The van der Waals surface area contributed by atoms with Crippen LogP contribution in [0.3, 0.4) is 0 Å². The van der Waals surface area contributed by atoms with Crippen molar-refractivity contribution < 1.29 is 14.1 Å². The zero-order valence-electron chi connectivity index (χ0n) is 8.08. The quantitative estimate of drug-likeness (QED) is 0.662. The number of rotatable bonds is 0. The molecule has 1 N–H and O–H groups in total. The fourth-order valence-electron chi connectivity index (χ4n) is 1.23. The monoisotopic (exact) mass is 217 g/mol. The Labute approximate surface area is 90.3 Å². The van der Waals surface area contributed by atoms with Crippen LogP contribution in [0.1, 0.15) is 10.4 Å². The highest BCUT2D eigenvalue weighted by molar-refractivity contribution is 6.51. The van der Waals surface area contributed by atoms with Gasteiger partial charge in [0, 0.05) is 0 Å². The molecule has 0 aliphatic carbocycles. The van der Waals surface area contributed by atoms with Crippen LogP contribution in [0.2, 0.25) is 0 Å². The van der Waals surface area contributed by atoms with Gasteiger partial charge in [0.2, 0.25) is 6.39 Å². The van der Waals surface area contributed by atoms with Gasteiger partial charge in [-0.2, -0.15) is 0 Å². The van der Waals surface area contributed by atoms with Crippen LogP contribution in [0.15, 0.2) is 41.5 Å². The SMILES string of the molecule is O=C1Nc2ccccc2C1=O.c1ncon1. The van der Waals surface area contributed by atoms with Gasteiger partial charge in [0.25, 0.3) is 11.7 Å². The number of nitrogens with zero attached hydrogens (tertiary/aromatic N) is 2. The van der Waals surface area contributed by atoms with Gasteiger partial charge in [0.05, 0.1) is 11.3 Å². The van der Waals surface area contributed by atoms with Gasteiger partial charge in [-0.25, -0.2) is 4.98 Å². The molecule has 1 aromatic heterocycles. The first-order valence-corrected chi connectivity index (χ1v) is 4.43. The van der Waals surface area contributed by atoms with Gasteiger partial charge in [0.15, 0.2) is 6.33 Å². The van der Waals surface area contributed by atoms with E-state index in [1.54, 1.807) is 24.3 Å². The summed E-state index contributed by atoms with van der Waals surface area (Å²) in [5, 5.41) is 5.69. The minimum Gasteiger partial charge on any atom is -0.343 e. The van der Waals surface area contributed by atoms with Crippen molar-refractivity contribution in [3.05, 3.63) is 42.5 Å². The van der Waals surface area contributed by atoms with Crippen LogP contribution in [0.25, 0.3) is 0 Å². The van der Waals surface area contributed by atoms with E-state index in [9.17, 15) is 9.59 Å². The molecule has 6 nitrogen and oxygen atoms in total. The summed E-state index contributed by atoms with van der Waals surface area (Å²) in [6, 6.07) is 6.85. The third-order valence-corrected chi connectivity index (χ3v) is 1.91. The summed E-state index contributed by atoms with van der Waals surface area (Å²) in [6.45, 7) is 0. The Hall–Kier alpha value is -2.50.